The summed E-state index contributed by atoms with van der Waals surface area (Å²) in [6.07, 6.45) is 9.86. The van der Waals surface area contributed by atoms with E-state index in [4.69, 9.17) is 8.92 Å². The molecule has 1 saturated heterocycles. The number of nitrogens with zero attached hydrogens (tertiary/aromatic N) is 1. The van der Waals surface area contributed by atoms with Gasteiger partial charge in [-0.25, -0.2) is 0 Å². The topological polar surface area (TPSA) is 55.8 Å². The van der Waals surface area contributed by atoms with Crippen molar-refractivity contribution in [1.82, 2.24) is 4.90 Å². The van der Waals surface area contributed by atoms with Gasteiger partial charge in [-0.3, -0.25) is 9.59 Å². The molecule has 26 heavy (non-hydrogen) atoms. The first kappa shape index (κ1) is 21.7. The number of amides is 1. The number of hydrogen-bond acceptors (Lipinski definition) is 5. The number of carbonyl (C=O) groups is 2. The van der Waals surface area contributed by atoms with Crippen molar-refractivity contribution >= 4 is 23.7 Å². The molecular weight excluding hydrogens is 350 g/mol. The molecule has 5 nitrogen and oxygen atoms in total. The minimum Gasteiger partial charge on any atom is -0.378 e. The van der Waals surface area contributed by atoms with E-state index in [9.17, 15) is 9.59 Å². The molecule has 1 heterocycles. The summed E-state index contributed by atoms with van der Waals surface area (Å²) in [5, 5.41) is 0. The minimum absolute atomic E-state index is 0.0988. The summed E-state index contributed by atoms with van der Waals surface area (Å²) in [4.78, 5) is 26.3. The van der Waals surface area contributed by atoms with E-state index in [2.05, 4.69) is 0 Å². The molecule has 2 fully saturated rings. The average Bonchev–Trinajstić information content (AvgIpc) is 2.66. The van der Waals surface area contributed by atoms with Crippen molar-refractivity contribution in [1.29, 1.82) is 0 Å². The molecule has 0 aromatic carbocycles. The van der Waals surface area contributed by atoms with Crippen molar-refractivity contribution in [3.8, 4) is 0 Å². The van der Waals surface area contributed by atoms with Crippen LogP contribution in [0.3, 0.4) is 0 Å². The second-order valence-electron chi connectivity index (χ2n) is 7.85. The Morgan fingerprint density at radius 3 is 2.23 bits per heavy atom. The van der Waals surface area contributed by atoms with E-state index < -0.39 is 0 Å². The zero-order valence-corrected chi connectivity index (χ0v) is 17.4. The van der Waals surface area contributed by atoms with Crippen LogP contribution in [0.15, 0.2) is 0 Å². The van der Waals surface area contributed by atoms with Crippen molar-refractivity contribution in [2.45, 2.75) is 77.4 Å². The number of hydrogen-bond donors (Lipinski definition) is 0. The molecule has 1 aliphatic heterocycles. The van der Waals surface area contributed by atoms with E-state index >= 15 is 0 Å². The second-order valence-corrected chi connectivity index (χ2v) is 8.37. The monoisotopic (exact) mass is 385 g/mol. The molecule has 2 rings (SSSR count). The Balaban J connectivity index is 1.55. The number of rotatable bonds is 9. The predicted octanol–water partition coefficient (Wildman–Crippen LogP) is 3.85. The van der Waals surface area contributed by atoms with Gasteiger partial charge in [0.15, 0.2) is 0 Å². The maximum absolute atomic E-state index is 12.3. The molecule has 0 bridgehead atoms. The Morgan fingerprint density at radius 2 is 1.65 bits per heavy atom. The third-order valence-electron chi connectivity index (χ3n) is 5.56. The molecule has 0 spiro atoms. The van der Waals surface area contributed by atoms with Crippen LogP contribution in [0, 0.1) is 11.8 Å². The van der Waals surface area contributed by atoms with Gasteiger partial charge in [0.05, 0.1) is 12.2 Å². The molecule has 6 heteroatoms. The van der Waals surface area contributed by atoms with Crippen molar-refractivity contribution in [2.24, 2.45) is 11.8 Å². The Bertz CT molecular complexity index is 441. The van der Waals surface area contributed by atoms with Crippen LogP contribution in [-0.4, -0.2) is 54.8 Å². The van der Waals surface area contributed by atoms with E-state index in [1.807, 2.05) is 25.0 Å². The van der Waals surface area contributed by atoms with Crippen LogP contribution in [0.1, 0.15) is 65.2 Å². The highest BCUT2D eigenvalue weighted by Crippen LogP contribution is 2.26. The average molecular weight is 386 g/mol. The first-order valence-corrected chi connectivity index (χ1v) is 11.3. The molecule has 150 valence electrons. The number of carbonyl (C=O) groups excluding carboxylic acids is 2. The molecule has 0 radical (unpaired) electrons. The van der Waals surface area contributed by atoms with Gasteiger partial charge in [-0.05, 0) is 57.0 Å². The first-order valence-electron chi connectivity index (χ1n) is 10.1. The fourth-order valence-electron chi connectivity index (χ4n) is 3.95. The summed E-state index contributed by atoms with van der Waals surface area (Å²) >= 11 is 1.45. The Hall–Kier alpha value is -0.590. The van der Waals surface area contributed by atoms with Gasteiger partial charge >= 0.3 is 0 Å². The van der Waals surface area contributed by atoms with Crippen molar-refractivity contribution in [3.05, 3.63) is 0 Å². The van der Waals surface area contributed by atoms with Crippen LogP contribution in [0.5, 0.6) is 0 Å². The molecule has 0 atom stereocenters. The third kappa shape index (κ3) is 6.86. The van der Waals surface area contributed by atoms with Gasteiger partial charge in [0.1, 0.15) is 5.78 Å². The van der Waals surface area contributed by atoms with Crippen LogP contribution < -0.4 is 0 Å². The van der Waals surface area contributed by atoms with Gasteiger partial charge in [-0.15, -0.1) is 0 Å². The van der Waals surface area contributed by atoms with Crippen LogP contribution >= 0.6 is 12.0 Å². The molecule has 0 N–H and O–H groups in total. The van der Waals surface area contributed by atoms with Crippen molar-refractivity contribution < 1.29 is 18.5 Å². The maximum atomic E-state index is 12.3. The van der Waals surface area contributed by atoms with Crippen LogP contribution in [0.4, 0.5) is 0 Å². The molecule has 0 unspecified atom stereocenters. The summed E-state index contributed by atoms with van der Waals surface area (Å²) in [6, 6.07) is 0. The zero-order valence-electron chi connectivity index (χ0n) is 16.6. The largest absolute Gasteiger partial charge is 0.378 e. The fourth-order valence-corrected chi connectivity index (χ4v) is 4.41. The van der Waals surface area contributed by atoms with Gasteiger partial charge in [-0.1, -0.05) is 13.8 Å². The number of likely N-dealkylation sites (tertiary alicyclic amines) is 1. The summed E-state index contributed by atoms with van der Waals surface area (Å²) < 4.78 is 11.5. The lowest BCUT2D eigenvalue weighted by Crippen LogP contribution is -2.41. The standard InChI is InChI=1S/C20H35NO4S/c1-15(2)20(23)16-10-12-21(13-11-16)19(22)5-4-14-24-17-6-8-18(9-7-17)25-26-3/h15-18H,4-14H2,1-3H3/t17-,18-. The lowest BCUT2D eigenvalue weighted by Gasteiger charge is -2.32. The molecular formula is C20H35NO4S. The Kier molecular flexibility index (Phi) is 9.43. The minimum atomic E-state index is 0.0988. The van der Waals surface area contributed by atoms with Gasteiger partial charge in [0.2, 0.25) is 5.91 Å². The quantitative estimate of drug-likeness (QED) is 0.446. The summed E-state index contributed by atoms with van der Waals surface area (Å²) in [5.41, 5.74) is 0. The van der Waals surface area contributed by atoms with Gasteiger partial charge < -0.3 is 13.8 Å². The summed E-state index contributed by atoms with van der Waals surface area (Å²) in [7, 11) is 0. The van der Waals surface area contributed by atoms with E-state index in [0.717, 1.165) is 58.0 Å². The van der Waals surface area contributed by atoms with Crippen molar-refractivity contribution in [2.75, 3.05) is 26.0 Å². The summed E-state index contributed by atoms with van der Waals surface area (Å²) in [5.74, 6) is 0.804. The Morgan fingerprint density at radius 1 is 1.04 bits per heavy atom. The van der Waals surface area contributed by atoms with Gasteiger partial charge in [0, 0.05) is 44.2 Å². The van der Waals surface area contributed by atoms with Crippen molar-refractivity contribution in [3.63, 3.8) is 0 Å². The molecule has 2 aliphatic rings. The second kappa shape index (κ2) is 11.3. The number of Topliss-reactive ketones (excluding diaryl/α,β-unsaturated/α-hetero) is 1. The van der Waals surface area contributed by atoms with Gasteiger partial charge in [-0.2, -0.15) is 0 Å². The molecule has 1 amide bonds. The zero-order chi connectivity index (χ0) is 18.9. The highest BCUT2D eigenvalue weighted by molar-refractivity contribution is 7.93. The predicted molar refractivity (Wildman–Crippen MR) is 105 cm³/mol. The Labute approximate surface area is 162 Å². The summed E-state index contributed by atoms with van der Waals surface area (Å²) in [6.45, 7) is 6.03. The normalized spacial score (nSPS) is 24.8. The van der Waals surface area contributed by atoms with Gasteiger partial charge in [0.25, 0.3) is 0 Å². The maximum Gasteiger partial charge on any atom is 0.222 e. The molecule has 0 aromatic rings. The smallest absolute Gasteiger partial charge is 0.222 e. The molecule has 1 saturated carbocycles. The first-order chi connectivity index (χ1) is 12.5. The van der Waals surface area contributed by atoms with E-state index in [1.165, 1.54) is 12.0 Å². The number of ether oxygens (including phenoxy) is 1. The number of ketones is 1. The van der Waals surface area contributed by atoms with Crippen LogP contribution in [0.2, 0.25) is 0 Å². The highest BCUT2D eigenvalue weighted by Gasteiger charge is 2.28. The SMILES string of the molecule is CSO[C@H]1CC[C@H](OCCCC(=O)N2CCC(C(=O)C(C)C)CC2)CC1. The van der Waals surface area contributed by atoms with E-state index in [-0.39, 0.29) is 17.7 Å². The van der Waals surface area contributed by atoms with E-state index in [1.54, 1.807) is 0 Å². The molecule has 0 aromatic heterocycles. The third-order valence-corrected chi connectivity index (χ3v) is 6.03. The highest BCUT2D eigenvalue weighted by atomic mass is 32.2. The van der Waals surface area contributed by atoms with E-state index in [0.29, 0.717) is 31.0 Å². The fraction of sp³-hybridized carbons (Fsp3) is 0.900. The van der Waals surface area contributed by atoms with Crippen LogP contribution in [0.25, 0.3) is 0 Å². The number of piperidine rings is 1. The van der Waals surface area contributed by atoms with Crippen LogP contribution in [-0.2, 0) is 18.5 Å². The lowest BCUT2D eigenvalue weighted by molar-refractivity contribution is -0.136. The lowest BCUT2D eigenvalue weighted by atomic mass is 9.87. The molecule has 1 aliphatic carbocycles.